The van der Waals surface area contributed by atoms with Crippen molar-refractivity contribution >= 4 is 17.8 Å². The van der Waals surface area contributed by atoms with Gasteiger partial charge in [0.15, 0.2) is 0 Å². The van der Waals surface area contributed by atoms with Crippen LogP contribution in [0.15, 0.2) is 48.5 Å². The molecule has 2 aromatic rings. The molecule has 1 aliphatic carbocycles. The fourth-order valence-electron chi connectivity index (χ4n) is 3.21. The van der Waals surface area contributed by atoms with Crippen LogP contribution in [0, 0.1) is 5.92 Å². The summed E-state index contributed by atoms with van der Waals surface area (Å²) in [5.41, 5.74) is -0.0761. The summed E-state index contributed by atoms with van der Waals surface area (Å²) in [4.78, 5) is 36.4. The Morgan fingerprint density at radius 2 is 1.69 bits per heavy atom. The largest absolute Gasteiger partial charge is 0.493 e. The van der Waals surface area contributed by atoms with E-state index in [1.165, 1.54) is 19.1 Å². The predicted octanol–water partition coefficient (Wildman–Crippen LogP) is 3.51. The zero-order valence-electron chi connectivity index (χ0n) is 19.2. The first-order valence-electron chi connectivity index (χ1n) is 11.2. The topological polar surface area (TPSA) is 93.7 Å². The van der Waals surface area contributed by atoms with E-state index in [-0.39, 0.29) is 19.6 Å². The molecule has 0 aromatic heterocycles. The van der Waals surface area contributed by atoms with Gasteiger partial charge in [-0.3, -0.25) is 14.4 Å². The van der Waals surface area contributed by atoms with Gasteiger partial charge in [-0.1, -0.05) is 12.1 Å². The second-order valence-electron chi connectivity index (χ2n) is 8.33. The van der Waals surface area contributed by atoms with Crippen LogP contribution in [-0.2, 0) is 26.9 Å². The Labute approximate surface area is 201 Å². The van der Waals surface area contributed by atoms with Gasteiger partial charge in [-0.25, -0.2) is 0 Å². The third-order valence-corrected chi connectivity index (χ3v) is 5.35. The van der Waals surface area contributed by atoms with Gasteiger partial charge in [0.1, 0.15) is 18.4 Å². The number of carbonyl (C=O) groups is 3. The molecule has 1 aliphatic rings. The van der Waals surface area contributed by atoms with Crippen molar-refractivity contribution in [2.45, 2.75) is 38.4 Å². The van der Waals surface area contributed by atoms with Crippen LogP contribution >= 0.6 is 0 Å². The van der Waals surface area contributed by atoms with Crippen LogP contribution < -0.4 is 15.4 Å². The average molecular weight is 492 g/mol. The molecule has 7 nitrogen and oxygen atoms in total. The Morgan fingerprint density at radius 3 is 2.26 bits per heavy atom. The summed E-state index contributed by atoms with van der Waals surface area (Å²) < 4.78 is 49.0. The highest BCUT2D eigenvalue weighted by Gasteiger charge is 2.30. The summed E-state index contributed by atoms with van der Waals surface area (Å²) in [6.07, 6.45) is -2.20. The number of esters is 1. The van der Waals surface area contributed by atoms with Gasteiger partial charge in [0.25, 0.3) is 5.91 Å². The van der Waals surface area contributed by atoms with Crippen LogP contribution in [0.5, 0.6) is 5.75 Å². The first kappa shape index (κ1) is 26.1. The number of halogens is 3. The van der Waals surface area contributed by atoms with Crippen LogP contribution in [0.3, 0.4) is 0 Å². The molecule has 2 amide bonds. The van der Waals surface area contributed by atoms with E-state index < -0.39 is 35.6 Å². The Bertz CT molecular complexity index is 1020. The molecule has 0 spiro atoms. The Kier molecular flexibility index (Phi) is 8.73. The second-order valence-corrected chi connectivity index (χ2v) is 8.33. The number of ether oxygens (including phenoxy) is 2. The second kappa shape index (κ2) is 11.7. The van der Waals surface area contributed by atoms with E-state index in [2.05, 4.69) is 10.6 Å². The van der Waals surface area contributed by atoms with E-state index >= 15 is 0 Å². The summed E-state index contributed by atoms with van der Waals surface area (Å²) in [6, 6.07) is 9.79. The molecule has 2 N–H and O–H groups in total. The molecule has 1 atom stereocenters. The Balaban J connectivity index is 1.65. The highest BCUT2D eigenvalue weighted by molar-refractivity contribution is 5.97. The molecule has 0 radical (unpaired) electrons. The van der Waals surface area contributed by atoms with Gasteiger partial charge in [0, 0.05) is 18.9 Å². The van der Waals surface area contributed by atoms with Crippen molar-refractivity contribution in [3.63, 3.8) is 0 Å². The lowest BCUT2D eigenvalue weighted by atomic mass is 10.0. The lowest BCUT2D eigenvalue weighted by molar-refractivity contribution is -0.141. The highest BCUT2D eigenvalue weighted by Crippen LogP contribution is 2.30. The van der Waals surface area contributed by atoms with Crippen LogP contribution in [0.1, 0.15) is 41.3 Å². The van der Waals surface area contributed by atoms with Gasteiger partial charge < -0.3 is 20.1 Å². The van der Waals surface area contributed by atoms with Crippen molar-refractivity contribution in [3.8, 4) is 5.75 Å². The maximum absolute atomic E-state index is 12.9. The molecule has 0 heterocycles. The number of nitrogens with one attached hydrogen (secondary N) is 2. The van der Waals surface area contributed by atoms with Crippen molar-refractivity contribution < 1.29 is 37.0 Å². The minimum absolute atomic E-state index is 0.0187. The minimum atomic E-state index is -4.48. The smallest absolute Gasteiger partial charge is 0.416 e. The SMILES string of the molecule is CC(=O)OCCNC(=O)[C@H](Cc1ccc(C(F)(F)F)cc1)NC(=O)c1ccc(OCC2CC2)cc1. The zero-order valence-corrected chi connectivity index (χ0v) is 19.2. The van der Waals surface area contributed by atoms with E-state index in [0.717, 1.165) is 25.0 Å². The molecular formula is C25H27F3N2O5. The normalized spacial score (nSPS) is 14.1. The summed E-state index contributed by atoms with van der Waals surface area (Å²) in [5, 5.41) is 5.20. The van der Waals surface area contributed by atoms with Crippen molar-refractivity contribution in [3.05, 3.63) is 65.2 Å². The summed E-state index contributed by atoms with van der Waals surface area (Å²) in [7, 11) is 0. The lowest BCUT2D eigenvalue weighted by Crippen LogP contribution is -2.48. The highest BCUT2D eigenvalue weighted by atomic mass is 19.4. The average Bonchev–Trinajstić information content (AvgIpc) is 3.64. The monoisotopic (exact) mass is 492 g/mol. The Morgan fingerprint density at radius 1 is 1.03 bits per heavy atom. The summed E-state index contributed by atoms with van der Waals surface area (Å²) in [6.45, 7) is 1.83. The molecule has 3 rings (SSSR count). The van der Waals surface area contributed by atoms with Crippen molar-refractivity contribution in [1.29, 1.82) is 0 Å². The van der Waals surface area contributed by atoms with Gasteiger partial charge in [-0.05, 0) is 60.7 Å². The van der Waals surface area contributed by atoms with E-state index in [0.29, 0.717) is 29.4 Å². The van der Waals surface area contributed by atoms with Gasteiger partial charge in [0.05, 0.1) is 18.7 Å². The van der Waals surface area contributed by atoms with Crippen LogP contribution in [-0.4, -0.2) is 43.6 Å². The van der Waals surface area contributed by atoms with Gasteiger partial charge in [0.2, 0.25) is 5.91 Å². The fraction of sp³-hybridized carbons (Fsp3) is 0.400. The van der Waals surface area contributed by atoms with Crippen LogP contribution in [0.4, 0.5) is 13.2 Å². The van der Waals surface area contributed by atoms with E-state index in [1.54, 1.807) is 24.3 Å². The fourth-order valence-corrected chi connectivity index (χ4v) is 3.21. The summed E-state index contributed by atoms with van der Waals surface area (Å²) in [5.74, 6) is -0.361. The molecule has 1 fully saturated rings. The van der Waals surface area contributed by atoms with Gasteiger partial charge >= 0.3 is 12.1 Å². The molecule has 35 heavy (non-hydrogen) atoms. The standard InChI is InChI=1S/C25H27F3N2O5/c1-16(31)34-13-12-29-24(33)22(14-17-4-8-20(9-5-17)25(26,27)28)30-23(32)19-6-10-21(11-7-19)35-15-18-2-3-18/h4-11,18,22H,2-3,12-15H2,1H3,(H,29,33)(H,30,32)/t22-/m0/s1. The molecule has 0 unspecified atom stereocenters. The predicted molar refractivity (Wildman–Crippen MR) is 121 cm³/mol. The number of alkyl halides is 3. The number of amides is 2. The third kappa shape index (κ3) is 8.62. The van der Waals surface area contributed by atoms with Gasteiger partial charge in [-0.15, -0.1) is 0 Å². The van der Waals surface area contributed by atoms with E-state index in [4.69, 9.17) is 9.47 Å². The maximum atomic E-state index is 12.9. The molecule has 188 valence electrons. The molecule has 2 aromatic carbocycles. The van der Waals surface area contributed by atoms with E-state index in [1.807, 2.05) is 0 Å². The third-order valence-electron chi connectivity index (χ3n) is 5.35. The number of hydrogen-bond acceptors (Lipinski definition) is 5. The molecule has 0 aliphatic heterocycles. The van der Waals surface area contributed by atoms with E-state index in [9.17, 15) is 27.6 Å². The lowest BCUT2D eigenvalue weighted by Gasteiger charge is -2.19. The number of benzene rings is 2. The minimum Gasteiger partial charge on any atom is -0.493 e. The van der Waals surface area contributed by atoms with Crippen LogP contribution in [0.25, 0.3) is 0 Å². The Hall–Kier alpha value is -3.56. The van der Waals surface area contributed by atoms with Gasteiger partial charge in [-0.2, -0.15) is 13.2 Å². The molecule has 0 saturated heterocycles. The first-order valence-corrected chi connectivity index (χ1v) is 11.2. The number of carbonyl (C=O) groups excluding carboxylic acids is 3. The maximum Gasteiger partial charge on any atom is 0.416 e. The van der Waals surface area contributed by atoms with Crippen LogP contribution in [0.2, 0.25) is 0 Å². The van der Waals surface area contributed by atoms with Crippen molar-refractivity contribution in [2.24, 2.45) is 5.92 Å². The van der Waals surface area contributed by atoms with Crippen molar-refractivity contribution in [2.75, 3.05) is 19.8 Å². The molecule has 1 saturated carbocycles. The molecular weight excluding hydrogens is 465 g/mol. The quantitative estimate of drug-likeness (QED) is 0.370. The molecule has 10 heteroatoms. The zero-order chi connectivity index (χ0) is 25.4. The summed E-state index contributed by atoms with van der Waals surface area (Å²) >= 11 is 0. The first-order chi connectivity index (χ1) is 16.6. The van der Waals surface area contributed by atoms with Crippen molar-refractivity contribution in [1.82, 2.24) is 10.6 Å². The molecule has 0 bridgehead atoms. The number of hydrogen-bond donors (Lipinski definition) is 2. The number of rotatable bonds is 11.